The predicted octanol–water partition coefficient (Wildman–Crippen LogP) is 2.96. The van der Waals surface area contributed by atoms with E-state index in [1.807, 2.05) is 43.8 Å². The molecule has 5 nitrogen and oxygen atoms in total. The van der Waals surface area contributed by atoms with Gasteiger partial charge in [-0.3, -0.25) is 9.58 Å². The summed E-state index contributed by atoms with van der Waals surface area (Å²) in [6.45, 7) is 5.13. The van der Waals surface area contributed by atoms with Crippen LogP contribution in [-0.2, 0) is 20.0 Å². The molecule has 1 aliphatic heterocycles. The summed E-state index contributed by atoms with van der Waals surface area (Å²) in [4.78, 5) is 14.2. The summed E-state index contributed by atoms with van der Waals surface area (Å²) in [5.41, 5.74) is 5.16. The third-order valence-corrected chi connectivity index (χ3v) is 4.50. The van der Waals surface area contributed by atoms with Gasteiger partial charge in [0.1, 0.15) is 0 Å². The van der Waals surface area contributed by atoms with Crippen molar-refractivity contribution in [3.63, 3.8) is 0 Å². The Hall–Kier alpha value is -2.01. The van der Waals surface area contributed by atoms with Crippen LogP contribution in [0.3, 0.4) is 0 Å². The van der Waals surface area contributed by atoms with Crippen molar-refractivity contribution in [1.82, 2.24) is 15.1 Å². The molecular formula is C16H19ClN4O. The topological polar surface area (TPSA) is 50.2 Å². The van der Waals surface area contributed by atoms with Crippen molar-refractivity contribution in [2.24, 2.45) is 7.05 Å². The number of fused-ring (bicyclic) bond motifs is 1. The molecular weight excluding hydrogens is 300 g/mol. The lowest BCUT2D eigenvalue weighted by Crippen LogP contribution is -2.38. The molecule has 0 bridgehead atoms. The standard InChI is InChI=1S/C16H19ClN4O/c1-10-14(11(2)20(3)19-10)9-18-16(22)21-7-6-12-4-5-13(17)8-15(12)21/h4-5,8H,6-7,9H2,1-3H3,(H,18,22). The molecule has 0 saturated carbocycles. The number of carbonyl (C=O) groups is 1. The summed E-state index contributed by atoms with van der Waals surface area (Å²) in [5.74, 6) is 0. The summed E-state index contributed by atoms with van der Waals surface area (Å²) in [7, 11) is 1.91. The zero-order valence-corrected chi connectivity index (χ0v) is 13.7. The number of carbonyl (C=O) groups excluding carboxylic acids is 1. The second-order valence-electron chi connectivity index (χ2n) is 5.61. The molecule has 0 aliphatic carbocycles. The quantitative estimate of drug-likeness (QED) is 0.925. The van der Waals surface area contributed by atoms with E-state index in [1.54, 1.807) is 4.90 Å². The molecule has 6 heteroatoms. The molecule has 0 atom stereocenters. The molecule has 0 spiro atoms. The van der Waals surface area contributed by atoms with E-state index in [4.69, 9.17) is 11.6 Å². The molecule has 1 N–H and O–H groups in total. The molecule has 0 unspecified atom stereocenters. The summed E-state index contributed by atoms with van der Waals surface area (Å²) in [6, 6.07) is 5.61. The average molecular weight is 319 g/mol. The van der Waals surface area contributed by atoms with E-state index in [0.29, 0.717) is 18.1 Å². The van der Waals surface area contributed by atoms with Gasteiger partial charge in [0, 0.05) is 36.4 Å². The third-order valence-electron chi connectivity index (χ3n) is 4.26. The Balaban J connectivity index is 1.73. The fraction of sp³-hybridized carbons (Fsp3) is 0.375. The van der Waals surface area contributed by atoms with Crippen LogP contribution in [0.1, 0.15) is 22.5 Å². The summed E-state index contributed by atoms with van der Waals surface area (Å²) in [5, 5.41) is 8.01. The SMILES string of the molecule is Cc1nn(C)c(C)c1CNC(=O)N1CCc2ccc(Cl)cc21. The Kier molecular flexibility index (Phi) is 3.83. The highest BCUT2D eigenvalue weighted by atomic mass is 35.5. The highest BCUT2D eigenvalue weighted by Crippen LogP contribution is 2.30. The largest absolute Gasteiger partial charge is 0.333 e. The number of benzene rings is 1. The lowest BCUT2D eigenvalue weighted by atomic mass is 10.2. The van der Waals surface area contributed by atoms with Crippen LogP contribution in [0.2, 0.25) is 5.02 Å². The molecule has 0 fully saturated rings. The van der Waals surface area contributed by atoms with Crippen LogP contribution < -0.4 is 10.2 Å². The molecule has 0 radical (unpaired) electrons. The highest BCUT2D eigenvalue weighted by molar-refractivity contribution is 6.31. The number of nitrogens with zero attached hydrogens (tertiary/aromatic N) is 3. The maximum Gasteiger partial charge on any atom is 0.322 e. The number of hydrogen-bond acceptors (Lipinski definition) is 2. The van der Waals surface area contributed by atoms with Crippen molar-refractivity contribution < 1.29 is 4.79 Å². The first-order chi connectivity index (χ1) is 10.5. The number of aromatic nitrogens is 2. The van der Waals surface area contributed by atoms with E-state index in [0.717, 1.165) is 34.6 Å². The predicted molar refractivity (Wildman–Crippen MR) is 87.4 cm³/mol. The molecule has 0 saturated heterocycles. The number of amides is 2. The zero-order valence-electron chi connectivity index (χ0n) is 13.0. The smallest absolute Gasteiger partial charge is 0.322 e. The van der Waals surface area contributed by atoms with Crippen LogP contribution >= 0.6 is 11.6 Å². The van der Waals surface area contributed by atoms with Crippen LogP contribution in [0.25, 0.3) is 0 Å². The molecule has 116 valence electrons. The monoisotopic (exact) mass is 318 g/mol. The van der Waals surface area contributed by atoms with Gasteiger partial charge in [-0.2, -0.15) is 5.10 Å². The van der Waals surface area contributed by atoms with Gasteiger partial charge in [0.25, 0.3) is 0 Å². The zero-order chi connectivity index (χ0) is 15.9. The maximum atomic E-state index is 12.5. The molecule has 1 aromatic heterocycles. The first kappa shape index (κ1) is 14.9. The lowest BCUT2D eigenvalue weighted by molar-refractivity contribution is 0.246. The van der Waals surface area contributed by atoms with Crippen molar-refractivity contribution in [2.75, 3.05) is 11.4 Å². The van der Waals surface area contributed by atoms with Crippen molar-refractivity contribution in [3.05, 3.63) is 45.7 Å². The van der Waals surface area contributed by atoms with Crippen molar-refractivity contribution in [1.29, 1.82) is 0 Å². The van der Waals surface area contributed by atoms with Crippen molar-refractivity contribution in [2.45, 2.75) is 26.8 Å². The van der Waals surface area contributed by atoms with E-state index in [2.05, 4.69) is 10.4 Å². The number of anilines is 1. The lowest BCUT2D eigenvalue weighted by Gasteiger charge is -2.18. The third kappa shape index (κ3) is 2.57. The van der Waals surface area contributed by atoms with Crippen LogP contribution in [0.15, 0.2) is 18.2 Å². The minimum atomic E-state index is -0.0938. The van der Waals surface area contributed by atoms with Gasteiger partial charge in [-0.25, -0.2) is 4.79 Å². The van der Waals surface area contributed by atoms with Crippen molar-refractivity contribution >= 4 is 23.3 Å². The minimum absolute atomic E-state index is 0.0938. The average Bonchev–Trinajstić information content (AvgIpc) is 2.99. The van der Waals surface area contributed by atoms with E-state index >= 15 is 0 Å². The van der Waals surface area contributed by atoms with Gasteiger partial charge < -0.3 is 5.32 Å². The number of urea groups is 1. The molecule has 22 heavy (non-hydrogen) atoms. The molecule has 1 aromatic carbocycles. The van der Waals surface area contributed by atoms with Crippen LogP contribution in [0.5, 0.6) is 0 Å². The van der Waals surface area contributed by atoms with Gasteiger partial charge >= 0.3 is 6.03 Å². The number of nitrogens with one attached hydrogen (secondary N) is 1. The molecule has 2 aromatic rings. The van der Waals surface area contributed by atoms with Gasteiger partial charge in [0.05, 0.1) is 11.4 Å². The van der Waals surface area contributed by atoms with Crippen LogP contribution in [0, 0.1) is 13.8 Å². The Morgan fingerprint density at radius 2 is 2.18 bits per heavy atom. The number of aryl methyl sites for hydroxylation is 2. The van der Waals surface area contributed by atoms with E-state index in [-0.39, 0.29) is 6.03 Å². The normalized spacial score (nSPS) is 13.4. The molecule has 2 amide bonds. The fourth-order valence-electron chi connectivity index (χ4n) is 2.90. The van der Waals surface area contributed by atoms with Crippen molar-refractivity contribution in [3.8, 4) is 0 Å². The van der Waals surface area contributed by atoms with Crippen LogP contribution in [0.4, 0.5) is 10.5 Å². The molecule has 1 aliphatic rings. The van der Waals surface area contributed by atoms with Gasteiger partial charge in [-0.1, -0.05) is 17.7 Å². The van der Waals surface area contributed by atoms with Gasteiger partial charge in [0.2, 0.25) is 0 Å². The Morgan fingerprint density at radius 1 is 1.41 bits per heavy atom. The minimum Gasteiger partial charge on any atom is -0.333 e. The molecule has 3 rings (SSSR count). The Morgan fingerprint density at radius 3 is 2.86 bits per heavy atom. The fourth-order valence-corrected chi connectivity index (χ4v) is 3.06. The van der Waals surface area contributed by atoms with E-state index in [9.17, 15) is 4.79 Å². The number of hydrogen-bond donors (Lipinski definition) is 1. The first-order valence-corrected chi connectivity index (χ1v) is 7.68. The van der Waals surface area contributed by atoms with Gasteiger partial charge in [0.15, 0.2) is 0 Å². The number of halogens is 1. The van der Waals surface area contributed by atoms with Gasteiger partial charge in [-0.15, -0.1) is 0 Å². The van der Waals surface area contributed by atoms with E-state index in [1.165, 1.54) is 0 Å². The summed E-state index contributed by atoms with van der Waals surface area (Å²) in [6.07, 6.45) is 0.866. The maximum absolute atomic E-state index is 12.5. The molecule has 2 heterocycles. The Bertz CT molecular complexity index is 738. The summed E-state index contributed by atoms with van der Waals surface area (Å²) < 4.78 is 1.84. The Labute approximate surface area is 134 Å². The second kappa shape index (κ2) is 5.65. The summed E-state index contributed by atoms with van der Waals surface area (Å²) >= 11 is 6.04. The van der Waals surface area contributed by atoms with Gasteiger partial charge in [-0.05, 0) is 38.0 Å². The van der Waals surface area contributed by atoms with Crippen LogP contribution in [-0.4, -0.2) is 22.4 Å². The number of rotatable bonds is 2. The second-order valence-corrected chi connectivity index (χ2v) is 6.04. The first-order valence-electron chi connectivity index (χ1n) is 7.30. The van der Waals surface area contributed by atoms with E-state index < -0.39 is 0 Å². The highest BCUT2D eigenvalue weighted by Gasteiger charge is 2.25.